The van der Waals surface area contributed by atoms with E-state index in [9.17, 15) is 4.79 Å². The van der Waals surface area contributed by atoms with Crippen LogP contribution in [0.5, 0.6) is 0 Å². The van der Waals surface area contributed by atoms with Crippen molar-refractivity contribution in [1.82, 2.24) is 19.7 Å². The van der Waals surface area contributed by atoms with Crippen molar-refractivity contribution in [1.29, 1.82) is 0 Å². The maximum atomic E-state index is 11.6. The zero-order valence-corrected chi connectivity index (χ0v) is 14.7. The van der Waals surface area contributed by atoms with Crippen molar-refractivity contribution >= 4 is 22.8 Å². The van der Waals surface area contributed by atoms with E-state index in [1.165, 1.54) is 52.1 Å². The summed E-state index contributed by atoms with van der Waals surface area (Å²) in [6, 6.07) is 0.568. The van der Waals surface area contributed by atoms with E-state index in [1.807, 2.05) is 0 Å². The van der Waals surface area contributed by atoms with Gasteiger partial charge in [0.05, 0.1) is 18.7 Å². The Hall–Kier alpha value is -2.18. The van der Waals surface area contributed by atoms with E-state index in [0.717, 1.165) is 23.7 Å². The first kappa shape index (κ1) is 16.3. The summed E-state index contributed by atoms with van der Waals surface area (Å²) in [6.45, 7) is 1.11. The van der Waals surface area contributed by atoms with E-state index in [2.05, 4.69) is 20.0 Å². The van der Waals surface area contributed by atoms with E-state index < -0.39 is 0 Å². The maximum Gasteiger partial charge on any atom is 0.327 e. The van der Waals surface area contributed by atoms with E-state index in [0.29, 0.717) is 11.7 Å². The highest BCUT2D eigenvalue weighted by Crippen LogP contribution is 2.38. The molecule has 7 heteroatoms. The summed E-state index contributed by atoms with van der Waals surface area (Å²) in [5.41, 5.74) is 0.701. The zero-order chi connectivity index (χ0) is 17.2. The first-order valence-corrected chi connectivity index (χ1v) is 9.28. The van der Waals surface area contributed by atoms with E-state index in [1.54, 1.807) is 17.2 Å². The smallest absolute Gasteiger partial charge is 0.327 e. The topological polar surface area (TPSA) is 73.1 Å². The molecule has 134 valence electrons. The van der Waals surface area contributed by atoms with Gasteiger partial charge in [0.25, 0.3) is 0 Å². The van der Waals surface area contributed by atoms with Crippen LogP contribution in [0.1, 0.15) is 44.9 Å². The Kier molecular flexibility index (Phi) is 4.55. The number of aromatic nitrogens is 4. The van der Waals surface area contributed by atoms with Crippen LogP contribution >= 0.6 is 0 Å². The molecule has 2 aromatic rings. The molecule has 3 heterocycles. The third-order valence-corrected chi connectivity index (χ3v) is 5.68. The summed E-state index contributed by atoms with van der Waals surface area (Å²) in [6.07, 6.45) is 12.4. The van der Waals surface area contributed by atoms with E-state index >= 15 is 0 Å². The van der Waals surface area contributed by atoms with Crippen LogP contribution in [-0.4, -0.2) is 45.4 Å². The summed E-state index contributed by atoms with van der Waals surface area (Å²) in [7, 11) is 1.38. The van der Waals surface area contributed by atoms with Crippen LogP contribution in [0.2, 0.25) is 0 Å². The average molecular weight is 343 g/mol. The van der Waals surface area contributed by atoms with Crippen LogP contribution in [0, 0.1) is 5.92 Å². The molecular weight excluding hydrogens is 318 g/mol. The van der Waals surface area contributed by atoms with Gasteiger partial charge in [-0.1, -0.05) is 19.3 Å². The van der Waals surface area contributed by atoms with Gasteiger partial charge in [-0.2, -0.15) is 5.10 Å². The third kappa shape index (κ3) is 3.07. The molecule has 0 N–H and O–H groups in total. The first-order valence-electron chi connectivity index (χ1n) is 9.28. The molecule has 2 atom stereocenters. The molecule has 2 aliphatic rings. The Labute approximate surface area is 147 Å². The summed E-state index contributed by atoms with van der Waals surface area (Å²) < 4.78 is 6.35. The second-order valence-corrected chi connectivity index (χ2v) is 7.11. The lowest BCUT2D eigenvalue weighted by molar-refractivity contribution is -0.141. The summed E-state index contributed by atoms with van der Waals surface area (Å²) in [5, 5.41) is 5.28. The number of rotatable bonds is 3. The molecular formula is C18H25N5O2. The number of anilines is 1. The molecule has 1 aliphatic heterocycles. The monoisotopic (exact) mass is 343 g/mol. The number of carbonyl (C=O) groups excluding carboxylic acids is 1. The molecule has 2 fully saturated rings. The molecule has 2 aromatic heterocycles. The quantitative estimate of drug-likeness (QED) is 0.798. The van der Waals surface area contributed by atoms with E-state index in [4.69, 9.17) is 4.74 Å². The van der Waals surface area contributed by atoms with Crippen molar-refractivity contribution in [2.45, 2.75) is 57.5 Å². The Morgan fingerprint density at radius 3 is 2.84 bits per heavy atom. The highest BCUT2D eigenvalue weighted by Gasteiger charge is 2.33. The Morgan fingerprint density at radius 2 is 2.00 bits per heavy atom. The number of esters is 1. The Bertz CT molecular complexity index is 759. The molecule has 7 nitrogen and oxygen atoms in total. The highest BCUT2D eigenvalue weighted by molar-refractivity contribution is 5.87. The summed E-state index contributed by atoms with van der Waals surface area (Å²) >= 11 is 0. The van der Waals surface area contributed by atoms with Gasteiger partial charge in [-0.05, 0) is 31.6 Å². The SMILES string of the molecule is COC(=O)Cn1ncc2c(N3CCCC[C@@H]4CCCC[C@H]43)ncnc21. The fraction of sp³-hybridized carbons (Fsp3) is 0.667. The van der Waals surface area contributed by atoms with Crippen molar-refractivity contribution in [3.05, 3.63) is 12.5 Å². The van der Waals surface area contributed by atoms with Gasteiger partial charge in [0.1, 0.15) is 18.7 Å². The Balaban J connectivity index is 1.71. The minimum Gasteiger partial charge on any atom is -0.468 e. The lowest BCUT2D eigenvalue weighted by Gasteiger charge is -2.39. The van der Waals surface area contributed by atoms with Crippen molar-refractivity contribution in [2.24, 2.45) is 5.92 Å². The van der Waals surface area contributed by atoms with Crippen LogP contribution in [0.25, 0.3) is 11.0 Å². The van der Waals surface area contributed by atoms with Gasteiger partial charge >= 0.3 is 5.97 Å². The second-order valence-electron chi connectivity index (χ2n) is 7.11. The number of hydrogen-bond donors (Lipinski definition) is 0. The maximum absolute atomic E-state index is 11.6. The Morgan fingerprint density at radius 1 is 1.20 bits per heavy atom. The van der Waals surface area contributed by atoms with Crippen LogP contribution in [-0.2, 0) is 16.1 Å². The van der Waals surface area contributed by atoms with E-state index in [-0.39, 0.29) is 12.5 Å². The molecule has 0 aromatic carbocycles. The largest absolute Gasteiger partial charge is 0.468 e. The minimum atomic E-state index is -0.327. The van der Waals surface area contributed by atoms with Gasteiger partial charge in [-0.3, -0.25) is 4.79 Å². The molecule has 0 unspecified atom stereocenters. The highest BCUT2D eigenvalue weighted by atomic mass is 16.5. The number of hydrogen-bond acceptors (Lipinski definition) is 6. The van der Waals surface area contributed by atoms with Gasteiger partial charge in [0.2, 0.25) is 0 Å². The molecule has 0 radical (unpaired) electrons. The first-order chi connectivity index (χ1) is 12.3. The lowest BCUT2D eigenvalue weighted by Crippen LogP contribution is -2.42. The lowest BCUT2D eigenvalue weighted by atomic mass is 9.81. The number of fused-ring (bicyclic) bond motifs is 2. The third-order valence-electron chi connectivity index (χ3n) is 5.68. The molecule has 1 saturated heterocycles. The molecule has 0 spiro atoms. The molecule has 0 amide bonds. The van der Waals surface area contributed by atoms with Crippen molar-refractivity contribution < 1.29 is 9.53 Å². The average Bonchev–Trinajstić information content (AvgIpc) is 2.93. The van der Waals surface area contributed by atoms with Gasteiger partial charge < -0.3 is 9.64 Å². The normalized spacial score (nSPS) is 24.0. The standard InChI is InChI=1S/C18H25N5O2/c1-25-16(24)11-23-18-14(10-21-23)17(19-12-20-18)22-9-5-4-7-13-6-2-3-8-15(13)22/h10,12-13,15H,2-9,11H2,1H3/t13-,15+/m0/s1. The van der Waals surface area contributed by atoms with Gasteiger partial charge in [0.15, 0.2) is 5.65 Å². The zero-order valence-electron chi connectivity index (χ0n) is 14.7. The molecule has 4 rings (SSSR count). The van der Waals surface area contributed by atoms with Gasteiger partial charge in [0, 0.05) is 12.6 Å². The van der Waals surface area contributed by atoms with Crippen LogP contribution in [0.3, 0.4) is 0 Å². The summed E-state index contributed by atoms with van der Waals surface area (Å²) in [5.74, 6) is 1.42. The predicted molar refractivity (Wildman–Crippen MR) is 94.3 cm³/mol. The number of nitrogens with zero attached hydrogens (tertiary/aromatic N) is 5. The minimum absolute atomic E-state index is 0.0719. The fourth-order valence-electron chi connectivity index (χ4n) is 4.46. The van der Waals surface area contributed by atoms with Crippen LogP contribution in [0.15, 0.2) is 12.5 Å². The van der Waals surface area contributed by atoms with Crippen molar-refractivity contribution in [3.63, 3.8) is 0 Å². The predicted octanol–water partition coefficient (Wildman–Crippen LogP) is 2.55. The van der Waals surface area contributed by atoms with Crippen LogP contribution in [0.4, 0.5) is 5.82 Å². The fourth-order valence-corrected chi connectivity index (χ4v) is 4.46. The molecule has 1 saturated carbocycles. The number of ether oxygens (including phenoxy) is 1. The van der Waals surface area contributed by atoms with Crippen molar-refractivity contribution in [3.8, 4) is 0 Å². The number of carbonyl (C=O) groups is 1. The number of methoxy groups -OCH3 is 1. The molecule has 0 bridgehead atoms. The summed E-state index contributed by atoms with van der Waals surface area (Å²) in [4.78, 5) is 23.1. The van der Waals surface area contributed by atoms with Crippen LogP contribution < -0.4 is 4.90 Å². The van der Waals surface area contributed by atoms with Gasteiger partial charge in [-0.25, -0.2) is 14.6 Å². The van der Waals surface area contributed by atoms with Gasteiger partial charge in [-0.15, -0.1) is 0 Å². The molecule has 25 heavy (non-hydrogen) atoms. The second kappa shape index (κ2) is 6.98. The van der Waals surface area contributed by atoms with Crippen molar-refractivity contribution in [2.75, 3.05) is 18.6 Å². The molecule has 1 aliphatic carbocycles.